The van der Waals surface area contributed by atoms with E-state index in [9.17, 15) is 0 Å². The Labute approximate surface area is 65.6 Å². The second-order valence-electron chi connectivity index (χ2n) is 1.22. The first kappa shape index (κ1) is 45.5. The van der Waals surface area contributed by atoms with Crippen LogP contribution in [0.3, 0.4) is 0 Å². The van der Waals surface area contributed by atoms with Crippen molar-refractivity contribution < 1.29 is 32.2 Å². The Kier molecular flexibility index (Phi) is 221. The molecular weight excluding hydrogens is 158 g/mol. The molecule has 0 unspecified atom stereocenters. The summed E-state index contributed by atoms with van der Waals surface area (Å²) < 4.78 is 0. The van der Waals surface area contributed by atoms with E-state index < -0.39 is 0 Å². The van der Waals surface area contributed by atoms with Gasteiger partial charge in [0.25, 0.3) is 0 Å². The molecule has 7 heteroatoms. The summed E-state index contributed by atoms with van der Waals surface area (Å²) in [6, 6.07) is 0. The van der Waals surface area contributed by atoms with Crippen molar-refractivity contribution in [3.63, 3.8) is 0 Å². The molecule has 0 aliphatic carbocycles. The molecule has 78 valence electrons. The van der Waals surface area contributed by atoms with Gasteiger partial charge in [-0.3, -0.25) is 0 Å². The summed E-state index contributed by atoms with van der Waals surface area (Å²) in [5.41, 5.74) is 0. The van der Waals surface area contributed by atoms with E-state index in [-0.39, 0.29) is 27.4 Å². The highest BCUT2D eigenvalue weighted by Gasteiger charge is 1.75. The van der Waals surface area contributed by atoms with Gasteiger partial charge in [-0.1, -0.05) is 13.3 Å². The van der Waals surface area contributed by atoms with Crippen LogP contribution >= 0.6 is 0 Å². The van der Waals surface area contributed by atoms with E-state index >= 15 is 0 Å². The predicted molar refractivity (Wildman–Crippen MR) is 43.1 cm³/mol. The summed E-state index contributed by atoms with van der Waals surface area (Å²) in [5.74, 6) is 4.71. The quantitative estimate of drug-likeness (QED) is 0.348. The lowest BCUT2D eigenvalue weighted by Crippen LogP contribution is -1.99. The summed E-state index contributed by atoms with van der Waals surface area (Å²) in [7, 11) is 0. The monoisotopic (exact) mass is 179 g/mol. The minimum absolute atomic E-state index is 0. The number of hydrogen-bond donors (Lipinski definition) is 1. The minimum Gasteiger partial charge on any atom is -0.412 e. The lowest BCUT2D eigenvalue weighted by Gasteiger charge is -1.88. The van der Waals surface area contributed by atoms with Crippen molar-refractivity contribution in [2.75, 3.05) is 6.61 Å². The van der Waals surface area contributed by atoms with Gasteiger partial charge in [0.1, 0.15) is 0 Å². The molecule has 11 heavy (non-hydrogen) atoms. The van der Waals surface area contributed by atoms with Gasteiger partial charge in [0, 0.05) is 0 Å². The van der Waals surface area contributed by atoms with Gasteiger partial charge in [-0.25, -0.2) is 5.90 Å². The molecule has 0 aromatic heterocycles. The highest BCUT2D eigenvalue weighted by molar-refractivity contribution is 4.25. The first-order valence-corrected chi connectivity index (χ1v) is 2.23. The molecule has 0 atom stereocenters. The van der Waals surface area contributed by atoms with E-state index in [2.05, 4.69) is 11.8 Å². The molecule has 0 radical (unpaired) electrons. The Bertz CT molecular complexity index is 26.5. The van der Waals surface area contributed by atoms with Crippen molar-refractivity contribution >= 4 is 0 Å². The van der Waals surface area contributed by atoms with Crippen LogP contribution in [0.25, 0.3) is 0 Å². The van der Waals surface area contributed by atoms with Crippen LogP contribution in [0.4, 0.5) is 0 Å². The van der Waals surface area contributed by atoms with Gasteiger partial charge in [0.2, 0.25) is 0 Å². The SMILES string of the molecule is CCCCON.O.O.O.O.O. The van der Waals surface area contributed by atoms with Crippen LogP contribution < -0.4 is 5.90 Å². The van der Waals surface area contributed by atoms with E-state index in [0.717, 1.165) is 12.8 Å². The Hall–Kier alpha value is -0.280. The topological polar surface area (TPSA) is 193 Å². The van der Waals surface area contributed by atoms with Gasteiger partial charge in [-0.05, 0) is 6.42 Å². The third-order valence-electron chi connectivity index (χ3n) is 0.616. The zero-order valence-corrected chi connectivity index (χ0v) is 6.61. The number of hydrogen-bond acceptors (Lipinski definition) is 2. The number of unbranched alkanes of at least 4 members (excludes halogenated alkanes) is 1. The van der Waals surface area contributed by atoms with Gasteiger partial charge in [0.05, 0.1) is 6.61 Å². The van der Waals surface area contributed by atoms with Gasteiger partial charge >= 0.3 is 0 Å². The minimum atomic E-state index is 0. The average molecular weight is 179 g/mol. The van der Waals surface area contributed by atoms with Crippen LogP contribution in [-0.4, -0.2) is 34.0 Å². The molecule has 12 N–H and O–H groups in total. The maximum Gasteiger partial charge on any atom is 0.0679 e. The van der Waals surface area contributed by atoms with Crippen LogP contribution in [0.5, 0.6) is 0 Å². The van der Waals surface area contributed by atoms with Crippen molar-refractivity contribution in [1.82, 2.24) is 0 Å². The molecule has 0 saturated carbocycles. The molecule has 0 spiro atoms. The maximum absolute atomic E-state index is 4.71. The molecule has 0 saturated heterocycles. The predicted octanol–water partition coefficient (Wildman–Crippen LogP) is -3.45. The normalized spacial score (nSPS) is 4.91. The van der Waals surface area contributed by atoms with Gasteiger partial charge in [0.15, 0.2) is 0 Å². The fourth-order valence-electron chi connectivity index (χ4n) is 0.228. The zero-order chi connectivity index (χ0) is 4.83. The lowest BCUT2D eigenvalue weighted by atomic mass is 10.4. The second-order valence-corrected chi connectivity index (χ2v) is 1.22. The summed E-state index contributed by atoms with van der Waals surface area (Å²) in [4.78, 5) is 4.28. The van der Waals surface area contributed by atoms with Crippen LogP contribution in [0.1, 0.15) is 19.8 Å². The molecule has 0 aromatic rings. The third kappa shape index (κ3) is 78.3. The summed E-state index contributed by atoms with van der Waals surface area (Å²) >= 11 is 0. The molecule has 0 rings (SSSR count). The molecule has 0 aromatic carbocycles. The van der Waals surface area contributed by atoms with E-state index in [1.54, 1.807) is 0 Å². The average Bonchev–Trinajstić information content (AvgIpc) is 1.61. The smallest absolute Gasteiger partial charge is 0.0679 e. The van der Waals surface area contributed by atoms with Crippen molar-refractivity contribution in [3.8, 4) is 0 Å². The van der Waals surface area contributed by atoms with E-state index in [0.29, 0.717) is 6.61 Å². The van der Waals surface area contributed by atoms with Crippen molar-refractivity contribution in [2.45, 2.75) is 19.8 Å². The molecule has 0 heterocycles. The van der Waals surface area contributed by atoms with E-state index in [1.807, 2.05) is 0 Å². The first-order valence-electron chi connectivity index (χ1n) is 2.23. The molecule has 0 fully saturated rings. The highest BCUT2D eigenvalue weighted by atomic mass is 16.6. The largest absolute Gasteiger partial charge is 0.412 e. The van der Waals surface area contributed by atoms with Gasteiger partial charge in [-0.15, -0.1) is 0 Å². The molecule has 0 amide bonds. The van der Waals surface area contributed by atoms with Crippen LogP contribution in [-0.2, 0) is 4.84 Å². The molecule has 0 bridgehead atoms. The maximum atomic E-state index is 4.71. The molecule has 7 nitrogen and oxygen atoms in total. The molecule has 0 aliphatic heterocycles. The summed E-state index contributed by atoms with van der Waals surface area (Å²) in [5, 5.41) is 0. The van der Waals surface area contributed by atoms with Crippen LogP contribution in [0.2, 0.25) is 0 Å². The van der Waals surface area contributed by atoms with Crippen molar-refractivity contribution in [2.24, 2.45) is 5.90 Å². The Morgan fingerprint density at radius 1 is 1.00 bits per heavy atom. The summed E-state index contributed by atoms with van der Waals surface area (Å²) in [6.45, 7) is 2.79. The Morgan fingerprint density at radius 2 is 1.36 bits per heavy atom. The van der Waals surface area contributed by atoms with Crippen LogP contribution in [0, 0.1) is 0 Å². The molecular formula is C4H21NO6. The van der Waals surface area contributed by atoms with Crippen molar-refractivity contribution in [3.05, 3.63) is 0 Å². The fourth-order valence-corrected chi connectivity index (χ4v) is 0.228. The third-order valence-corrected chi connectivity index (χ3v) is 0.616. The van der Waals surface area contributed by atoms with Crippen molar-refractivity contribution in [1.29, 1.82) is 0 Å². The Morgan fingerprint density at radius 3 is 1.45 bits per heavy atom. The summed E-state index contributed by atoms with van der Waals surface area (Å²) in [6.07, 6.45) is 2.22. The number of nitrogens with two attached hydrogens (primary N) is 1. The van der Waals surface area contributed by atoms with Gasteiger partial charge < -0.3 is 32.2 Å². The standard InChI is InChI=1S/C4H11NO.5H2O/c1-2-3-4-6-5;;;;;/h2-5H2,1H3;5*1H2. The lowest BCUT2D eigenvalue weighted by molar-refractivity contribution is 0.135. The zero-order valence-electron chi connectivity index (χ0n) is 6.61. The van der Waals surface area contributed by atoms with Crippen LogP contribution in [0.15, 0.2) is 0 Å². The van der Waals surface area contributed by atoms with E-state index in [1.165, 1.54) is 0 Å². The van der Waals surface area contributed by atoms with Gasteiger partial charge in [-0.2, -0.15) is 0 Å². The second kappa shape index (κ2) is 53.4. The first-order chi connectivity index (χ1) is 2.91. The van der Waals surface area contributed by atoms with E-state index in [4.69, 9.17) is 5.90 Å². The molecule has 0 aliphatic rings. The Balaban J connectivity index is -0.0000000125. The highest BCUT2D eigenvalue weighted by Crippen LogP contribution is 1.82. The number of rotatable bonds is 3. The fraction of sp³-hybridized carbons (Fsp3) is 1.00.